The van der Waals surface area contributed by atoms with Gasteiger partial charge in [0, 0.05) is 29.9 Å². The molecule has 0 aliphatic carbocycles. The molecule has 12 heteroatoms. The van der Waals surface area contributed by atoms with Crippen molar-refractivity contribution in [3.05, 3.63) is 94.2 Å². The number of aromatic nitrogens is 3. The molecule has 2 aromatic heterocycles. The Balaban J connectivity index is 1.53. The number of carbonyl (C=O) groups excluding carboxylic acids is 2. The summed E-state index contributed by atoms with van der Waals surface area (Å²) in [5, 5.41) is 22.9. The quantitative estimate of drug-likeness (QED) is 0.181. The predicted octanol–water partition coefficient (Wildman–Crippen LogP) is 5.93. The van der Waals surface area contributed by atoms with Crippen molar-refractivity contribution in [3.8, 4) is 16.8 Å². The number of methoxy groups -OCH3 is 1. The second-order valence-corrected chi connectivity index (χ2v) is 9.71. The van der Waals surface area contributed by atoms with Crippen molar-refractivity contribution < 1.29 is 27.8 Å². The highest BCUT2D eigenvalue weighted by molar-refractivity contribution is 6.31. The molecular formula is C28H24ClF2N5O4. The van der Waals surface area contributed by atoms with Crippen molar-refractivity contribution in [2.75, 3.05) is 17.7 Å². The van der Waals surface area contributed by atoms with Gasteiger partial charge in [-0.2, -0.15) is 9.83 Å². The monoisotopic (exact) mass is 567 g/mol. The summed E-state index contributed by atoms with van der Waals surface area (Å²) in [7, 11) is 1.25. The van der Waals surface area contributed by atoms with Crippen LogP contribution in [0.5, 0.6) is 0 Å². The van der Waals surface area contributed by atoms with Crippen molar-refractivity contribution >= 4 is 35.0 Å². The van der Waals surface area contributed by atoms with Gasteiger partial charge in [0.05, 0.1) is 46.7 Å². The number of amides is 2. The lowest BCUT2D eigenvalue weighted by atomic mass is 9.91. The molecular weight excluding hydrogens is 544 g/mol. The first-order chi connectivity index (χ1) is 19.2. The number of carbonyl (C=O) groups is 2. The molecule has 3 heterocycles. The molecule has 0 radical (unpaired) electrons. The Morgan fingerprint density at radius 3 is 2.83 bits per heavy atom. The molecule has 2 bridgehead atoms. The summed E-state index contributed by atoms with van der Waals surface area (Å²) in [6.45, 7) is 0. The van der Waals surface area contributed by atoms with Gasteiger partial charge in [-0.1, -0.05) is 18.0 Å². The van der Waals surface area contributed by atoms with Gasteiger partial charge in [0.2, 0.25) is 5.91 Å². The van der Waals surface area contributed by atoms with E-state index in [0.29, 0.717) is 46.7 Å². The van der Waals surface area contributed by atoms with E-state index in [9.17, 15) is 23.6 Å². The van der Waals surface area contributed by atoms with Crippen molar-refractivity contribution in [3.63, 3.8) is 0 Å². The van der Waals surface area contributed by atoms with Crippen LogP contribution < -0.4 is 15.4 Å². The van der Waals surface area contributed by atoms with Crippen LogP contribution in [0.3, 0.4) is 0 Å². The van der Waals surface area contributed by atoms with Crippen LogP contribution in [0, 0.1) is 16.8 Å². The molecule has 1 aliphatic rings. The van der Waals surface area contributed by atoms with Crippen LogP contribution >= 0.6 is 11.6 Å². The Morgan fingerprint density at radius 1 is 1.23 bits per heavy atom. The fraction of sp³-hybridized carbons (Fsp3) is 0.214. The average molecular weight is 568 g/mol. The highest BCUT2D eigenvalue weighted by Gasteiger charge is 2.26. The van der Waals surface area contributed by atoms with E-state index in [0.717, 1.165) is 23.9 Å². The molecule has 0 spiro atoms. The number of rotatable bonds is 3. The van der Waals surface area contributed by atoms with Crippen LogP contribution in [0.25, 0.3) is 16.8 Å². The van der Waals surface area contributed by atoms with E-state index in [1.54, 1.807) is 41.3 Å². The molecule has 5 rings (SSSR count). The van der Waals surface area contributed by atoms with Gasteiger partial charge in [-0.15, -0.1) is 0 Å². The summed E-state index contributed by atoms with van der Waals surface area (Å²) in [4.78, 5) is 24.4. The van der Waals surface area contributed by atoms with Crippen LogP contribution in [0.15, 0.2) is 61.1 Å². The van der Waals surface area contributed by atoms with Crippen molar-refractivity contribution in [2.45, 2.75) is 31.6 Å². The van der Waals surface area contributed by atoms with Gasteiger partial charge >= 0.3 is 6.09 Å². The molecule has 0 saturated heterocycles. The third kappa shape index (κ3) is 5.46. The van der Waals surface area contributed by atoms with Crippen LogP contribution in [0.2, 0.25) is 5.02 Å². The van der Waals surface area contributed by atoms with Gasteiger partial charge in [-0.05, 0) is 49.2 Å². The molecule has 0 fully saturated rings. The Morgan fingerprint density at radius 2 is 2.05 bits per heavy atom. The van der Waals surface area contributed by atoms with E-state index >= 15 is 0 Å². The fourth-order valence-electron chi connectivity index (χ4n) is 4.76. The summed E-state index contributed by atoms with van der Waals surface area (Å²) >= 11 is 5.84. The third-order valence-electron chi connectivity index (χ3n) is 6.73. The maximum atomic E-state index is 14.6. The molecule has 1 aliphatic heterocycles. The van der Waals surface area contributed by atoms with E-state index < -0.39 is 23.6 Å². The van der Waals surface area contributed by atoms with Gasteiger partial charge in [0.15, 0.2) is 17.7 Å². The van der Waals surface area contributed by atoms with Gasteiger partial charge in [0.1, 0.15) is 5.82 Å². The lowest BCUT2D eigenvalue weighted by Gasteiger charge is -2.18. The third-order valence-corrected chi connectivity index (χ3v) is 7.03. The largest absolute Gasteiger partial charge is 0.618 e. The molecule has 1 atom stereocenters. The zero-order valence-electron chi connectivity index (χ0n) is 21.3. The normalized spacial score (nSPS) is 15.3. The van der Waals surface area contributed by atoms with Gasteiger partial charge in [-0.3, -0.25) is 10.1 Å². The van der Waals surface area contributed by atoms with E-state index in [4.69, 9.17) is 11.6 Å². The molecule has 0 saturated carbocycles. The highest BCUT2D eigenvalue weighted by Crippen LogP contribution is 2.34. The second kappa shape index (κ2) is 11.3. The van der Waals surface area contributed by atoms with E-state index in [1.807, 2.05) is 0 Å². The summed E-state index contributed by atoms with van der Waals surface area (Å²) in [6, 6.07) is 10.1. The number of hydrogen-bond acceptors (Lipinski definition) is 5. The minimum atomic E-state index is -0.941. The van der Waals surface area contributed by atoms with E-state index in [2.05, 4.69) is 20.5 Å². The summed E-state index contributed by atoms with van der Waals surface area (Å²) in [5.74, 6) is -2.39. The number of hydrogen-bond donors (Lipinski definition) is 2. The molecule has 1 unspecified atom stereocenters. The van der Waals surface area contributed by atoms with Crippen LogP contribution in [-0.4, -0.2) is 28.9 Å². The number of nitrogens with zero attached hydrogens (tertiary/aromatic N) is 3. The second-order valence-electron chi connectivity index (χ2n) is 9.30. The first kappa shape index (κ1) is 27.1. The standard InChI is InChI=1S/C28H24ClF2N5O4/c1-40-28(38)33-18-7-11-24-22(12-18)34-25(37)5-3-2-4-19(17-13-32-35(24)14-17)23-10-6-16(15-36(23)39)26-21(30)9-8-20(29)27(26)31/h6-15,19H,2-5H2,1H3,(H,33,38)(H,34,37). The van der Waals surface area contributed by atoms with Crippen molar-refractivity contribution in [1.82, 2.24) is 9.78 Å². The fourth-order valence-corrected chi connectivity index (χ4v) is 4.92. The molecule has 4 aromatic rings. The summed E-state index contributed by atoms with van der Waals surface area (Å²) in [5.41, 5.74) is 2.19. The summed E-state index contributed by atoms with van der Waals surface area (Å²) in [6.07, 6.45) is 5.84. The Hall–Kier alpha value is -4.51. The topological polar surface area (TPSA) is 112 Å². The number of ether oxygens (including phenoxy) is 1. The first-order valence-electron chi connectivity index (χ1n) is 12.5. The highest BCUT2D eigenvalue weighted by atomic mass is 35.5. The number of halogens is 3. The number of fused-ring (bicyclic) bond motifs is 4. The van der Waals surface area contributed by atoms with Crippen LogP contribution in [-0.2, 0) is 9.53 Å². The van der Waals surface area contributed by atoms with Gasteiger partial charge in [-0.25, -0.2) is 18.3 Å². The Bertz CT molecular complexity index is 1610. The smallest absolute Gasteiger partial charge is 0.411 e. The van der Waals surface area contributed by atoms with Gasteiger partial charge in [0.25, 0.3) is 0 Å². The average Bonchev–Trinajstić information content (AvgIpc) is 3.41. The number of nitrogens with one attached hydrogen (secondary N) is 2. The Labute approximate surface area is 232 Å². The maximum absolute atomic E-state index is 14.6. The number of anilines is 2. The van der Waals surface area contributed by atoms with E-state index in [-0.39, 0.29) is 28.5 Å². The lowest BCUT2D eigenvalue weighted by molar-refractivity contribution is -0.614. The van der Waals surface area contributed by atoms with Crippen molar-refractivity contribution in [1.29, 1.82) is 0 Å². The van der Waals surface area contributed by atoms with Crippen LogP contribution in [0.1, 0.15) is 42.9 Å². The van der Waals surface area contributed by atoms with Crippen molar-refractivity contribution in [2.24, 2.45) is 0 Å². The molecule has 2 N–H and O–H groups in total. The van der Waals surface area contributed by atoms with Gasteiger partial charge < -0.3 is 15.3 Å². The zero-order valence-corrected chi connectivity index (χ0v) is 22.0. The molecule has 9 nitrogen and oxygen atoms in total. The maximum Gasteiger partial charge on any atom is 0.411 e. The molecule has 206 valence electrons. The van der Waals surface area contributed by atoms with Crippen LogP contribution in [0.4, 0.5) is 25.0 Å². The molecule has 2 aromatic carbocycles. The Kier molecular flexibility index (Phi) is 7.65. The molecule has 40 heavy (non-hydrogen) atoms. The SMILES string of the molecule is COC(=O)Nc1ccc2c(c1)NC(=O)CCCCC(c1ccc(-c3c(F)ccc(Cl)c3F)c[n+]1[O-])c1cnn-2c1. The lowest BCUT2D eigenvalue weighted by Crippen LogP contribution is -2.33. The minimum absolute atomic E-state index is 0.0575. The van der Waals surface area contributed by atoms with E-state index in [1.165, 1.54) is 13.2 Å². The summed E-state index contributed by atoms with van der Waals surface area (Å²) < 4.78 is 35.8. The number of pyridine rings is 1. The molecule has 2 amide bonds. The minimum Gasteiger partial charge on any atom is -0.618 e. The first-order valence-corrected chi connectivity index (χ1v) is 12.8. The zero-order chi connectivity index (χ0) is 28.4. The predicted molar refractivity (Wildman–Crippen MR) is 144 cm³/mol. The number of benzene rings is 2.